The second-order valence-corrected chi connectivity index (χ2v) is 3.75. The molecule has 1 heterocycles. The highest BCUT2D eigenvalue weighted by molar-refractivity contribution is 5.74. The Labute approximate surface area is 82.1 Å². The number of aromatic amines is 1. The van der Waals surface area contributed by atoms with Crippen molar-refractivity contribution in [3.05, 3.63) is 23.0 Å². The summed E-state index contributed by atoms with van der Waals surface area (Å²) in [5.74, 6) is -0.983. The minimum absolute atomic E-state index is 0.629. The van der Waals surface area contributed by atoms with E-state index in [0.29, 0.717) is 5.69 Å². The van der Waals surface area contributed by atoms with E-state index in [1.165, 1.54) is 24.1 Å². The van der Waals surface area contributed by atoms with Gasteiger partial charge in [-0.3, -0.25) is 4.79 Å². The van der Waals surface area contributed by atoms with Crippen LogP contribution in [0.2, 0.25) is 0 Å². The van der Waals surface area contributed by atoms with Crippen molar-refractivity contribution in [3.63, 3.8) is 0 Å². The van der Waals surface area contributed by atoms with Crippen molar-refractivity contribution in [1.29, 1.82) is 0 Å². The number of aliphatic carboxylic acids is 1. The maximum absolute atomic E-state index is 10.7. The van der Waals surface area contributed by atoms with Crippen LogP contribution in [0.1, 0.15) is 35.8 Å². The number of carbonyl (C=O) groups is 1. The van der Waals surface area contributed by atoms with E-state index < -0.39 is 12.0 Å². The molecule has 1 aromatic heterocycles. The van der Waals surface area contributed by atoms with Crippen molar-refractivity contribution in [2.45, 2.75) is 31.7 Å². The Morgan fingerprint density at radius 1 is 1.50 bits per heavy atom. The topological polar surface area (TPSA) is 79.1 Å². The lowest BCUT2D eigenvalue weighted by Crippen LogP contribution is -2.20. The molecule has 14 heavy (non-hydrogen) atoms. The van der Waals surface area contributed by atoms with Crippen LogP contribution in [-0.2, 0) is 17.6 Å². The number of hydrogen-bond acceptors (Lipinski definition) is 2. The van der Waals surface area contributed by atoms with Crippen LogP contribution in [0.3, 0.4) is 0 Å². The van der Waals surface area contributed by atoms with Gasteiger partial charge in [-0.2, -0.15) is 0 Å². The van der Waals surface area contributed by atoms with Crippen molar-refractivity contribution >= 4 is 5.97 Å². The molecular weight excluding hydrogens is 180 g/mol. The number of fused-ring (bicyclic) bond motifs is 1. The molecule has 0 spiro atoms. The van der Waals surface area contributed by atoms with E-state index in [-0.39, 0.29) is 0 Å². The van der Waals surface area contributed by atoms with Crippen LogP contribution in [0.15, 0.2) is 6.07 Å². The Balaban J connectivity index is 2.28. The summed E-state index contributed by atoms with van der Waals surface area (Å²) in [6, 6.07) is 0.980. The Hall–Kier alpha value is -1.29. The van der Waals surface area contributed by atoms with E-state index >= 15 is 0 Å². The molecule has 0 bridgehead atoms. The summed E-state index contributed by atoms with van der Waals surface area (Å²) in [5.41, 5.74) is 8.56. The molecule has 76 valence electrons. The maximum Gasteiger partial charge on any atom is 0.326 e. The summed E-state index contributed by atoms with van der Waals surface area (Å²) in [5, 5.41) is 8.75. The van der Waals surface area contributed by atoms with Crippen molar-refractivity contribution in [2.75, 3.05) is 0 Å². The summed E-state index contributed by atoms with van der Waals surface area (Å²) in [6.45, 7) is 0. The van der Waals surface area contributed by atoms with E-state index in [9.17, 15) is 4.79 Å². The molecule has 1 aliphatic carbocycles. The van der Waals surface area contributed by atoms with Crippen LogP contribution < -0.4 is 5.73 Å². The molecule has 0 saturated carbocycles. The first-order valence-electron chi connectivity index (χ1n) is 4.87. The van der Waals surface area contributed by atoms with E-state index in [1.807, 2.05) is 6.07 Å². The second-order valence-electron chi connectivity index (χ2n) is 3.75. The number of aromatic nitrogens is 1. The van der Waals surface area contributed by atoms with Crippen molar-refractivity contribution in [3.8, 4) is 0 Å². The molecule has 0 aromatic carbocycles. The van der Waals surface area contributed by atoms with Crippen LogP contribution in [0, 0.1) is 0 Å². The van der Waals surface area contributed by atoms with Gasteiger partial charge in [0.2, 0.25) is 0 Å². The van der Waals surface area contributed by atoms with Crippen molar-refractivity contribution < 1.29 is 9.90 Å². The molecular formula is C10H14N2O2. The Morgan fingerprint density at radius 2 is 2.21 bits per heavy atom. The van der Waals surface area contributed by atoms with Gasteiger partial charge < -0.3 is 15.8 Å². The monoisotopic (exact) mass is 194 g/mol. The fraction of sp³-hybridized carbons (Fsp3) is 0.500. The lowest BCUT2D eigenvalue weighted by Gasteiger charge is -2.09. The molecule has 0 saturated heterocycles. The van der Waals surface area contributed by atoms with Gasteiger partial charge in [0.25, 0.3) is 0 Å². The molecule has 1 atom stereocenters. The van der Waals surface area contributed by atoms with Crippen LogP contribution >= 0.6 is 0 Å². The summed E-state index contributed by atoms with van der Waals surface area (Å²) in [7, 11) is 0. The molecule has 1 aromatic rings. The number of carboxylic acids is 1. The highest BCUT2D eigenvalue weighted by Gasteiger charge is 2.20. The summed E-state index contributed by atoms with van der Waals surface area (Å²) >= 11 is 0. The Morgan fingerprint density at radius 3 is 2.86 bits per heavy atom. The lowest BCUT2D eigenvalue weighted by atomic mass is 9.98. The standard InChI is InChI=1S/C10H14N2O2/c11-9(10(13)14)8-5-6-3-1-2-4-7(6)12-8/h5,9,12H,1-4,11H2,(H,13,14). The third-order valence-electron chi connectivity index (χ3n) is 2.74. The third-order valence-corrected chi connectivity index (χ3v) is 2.74. The zero-order chi connectivity index (χ0) is 10.1. The molecule has 4 nitrogen and oxygen atoms in total. The molecule has 0 amide bonds. The minimum Gasteiger partial charge on any atom is -0.480 e. The average molecular weight is 194 g/mol. The number of H-pyrrole nitrogens is 1. The van der Waals surface area contributed by atoms with Gasteiger partial charge in [0.15, 0.2) is 0 Å². The van der Waals surface area contributed by atoms with E-state index in [1.54, 1.807) is 0 Å². The Bertz CT molecular complexity index is 334. The number of nitrogens with two attached hydrogens (primary N) is 1. The molecule has 0 radical (unpaired) electrons. The van der Waals surface area contributed by atoms with Crippen LogP contribution in [0.5, 0.6) is 0 Å². The lowest BCUT2D eigenvalue weighted by molar-refractivity contribution is -0.138. The van der Waals surface area contributed by atoms with Crippen LogP contribution in [-0.4, -0.2) is 16.1 Å². The molecule has 1 aliphatic rings. The summed E-state index contributed by atoms with van der Waals surface area (Å²) in [4.78, 5) is 13.8. The molecule has 0 aliphatic heterocycles. The number of aryl methyl sites for hydroxylation is 2. The van der Waals surface area contributed by atoms with Crippen LogP contribution in [0.4, 0.5) is 0 Å². The zero-order valence-electron chi connectivity index (χ0n) is 7.92. The molecule has 2 rings (SSSR count). The SMILES string of the molecule is NC(C(=O)O)c1cc2c([nH]1)CCCC2. The fourth-order valence-corrected chi connectivity index (χ4v) is 1.93. The zero-order valence-corrected chi connectivity index (χ0v) is 7.92. The van der Waals surface area contributed by atoms with E-state index in [2.05, 4.69) is 4.98 Å². The molecule has 4 N–H and O–H groups in total. The number of nitrogens with one attached hydrogen (secondary N) is 1. The summed E-state index contributed by atoms with van der Waals surface area (Å²) in [6.07, 6.45) is 4.42. The molecule has 4 heteroatoms. The largest absolute Gasteiger partial charge is 0.480 e. The van der Waals surface area contributed by atoms with Gasteiger partial charge in [-0.15, -0.1) is 0 Å². The predicted molar refractivity (Wildman–Crippen MR) is 52.0 cm³/mol. The molecule has 1 unspecified atom stereocenters. The Kier molecular flexibility index (Phi) is 2.29. The first kappa shape index (κ1) is 9.27. The highest BCUT2D eigenvalue weighted by atomic mass is 16.4. The fourth-order valence-electron chi connectivity index (χ4n) is 1.93. The average Bonchev–Trinajstić information content (AvgIpc) is 2.59. The third kappa shape index (κ3) is 1.53. The van der Waals surface area contributed by atoms with Crippen molar-refractivity contribution in [2.24, 2.45) is 5.73 Å². The van der Waals surface area contributed by atoms with Gasteiger partial charge in [-0.25, -0.2) is 0 Å². The van der Waals surface area contributed by atoms with Gasteiger partial charge in [-0.1, -0.05) is 0 Å². The van der Waals surface area contributed by atoms with E-state index in [4.69, 9.17) is 10.8 Å². The maximum atomic E-state index is 10.7. The van der Waals surface area contributed by atoms with E-state index in [0.717, 1.165) is 12.8 Å². The number of hydrogen-bond donors (Lipinski definition) is 3. The number of rotatable bonds is 2. The quantitative estimate of drug-likeness (QED) is 0.656. The van der Waals surface area contributed by atoms with Gasteiger partial charge in [0.1, 0.15) is 6.04 Å². The number of carboxylic acid groups (broad SMARTS) is 1. The van der Waals surface area contributed by atoms with Crippen LogP contribution in [0.25, 0.3) is 0 Å². The normalized spacial score (nSPS) is 17.5. The first-order chi connectivity index (χ1) is 6.68. The highest BCUT2D eigenvalue weighted by Crippen LogP contribution is 2.23. The van der Waals surface area contributed by atoms with Gasteiger partial charge >= 0.3 is 5.97 Å². The van der Waals surface area contributed by atoms with Gasteiger partial charge in [0, 0.05) is 11.4 Å². The van der Waals surface area contributed by atoms with Gasteiger partial charge in [-0.05, 0) is 37.3 Å². The van der Waals surface area contributed by atoms with Crippen molar-refractivity contribution in [1.82, 2.24) is 4.98 Å². The van der Waals surface area contributed by atoms with Gasteiger partial charge in [0.05, 0.1) is 0 Å². The summed E-state index contributed by atoms with van der Waals surface area (Å²) < 4.78 is 0. The minimum atomic E-state index is -0.983. The predicted octanol–water partition coefficient (Wildman–Crippen LogP) is 0.978. The first-order valence-corrected chi connectivity index (χ1v) is 4.87. The smallest absolute Gasteiger partial charge is 0.326 e. The second kappa shape index (κ2) is 3.46. The molecule has 0 fully saturated rings.